The number of halogens is 5. The van der Waals surface area contributed by atoms with Crippen molar-refractivity contribution in [3.8, 4) is 17.0 Å². The maximum Gasteiger partial charge on any atom is 0.422 e. The summed E-state index contributed by atoms with van der Waals surface area (Å²) in [4.78, 5) is 26.3. The third kappa shape index (κ3) is 5.76. The number of carbonyl (C=O) groups is 1. The highest BCUT2D eigenvalue weighted by molar-refractivity contribution is 5.95. The van der Waals surface area contributed by atoms with Gasteiger partial charge < -0.3 is 30.2 Å². The van der Waals surface area contributed by atoms with Crippen molar-refractivity contribution in [3.63, 3.8) is 0 Å². The molecule has 0 unspecified atom stereocenters. The second kappa shape index (κ2) is 11.3. The lowest BCUT2D eigenvalue weighted by Crippen LogP contribution is -2.29. The molecule has 0 aliphatic rings. The summed E-state index contributed by atoms with van der Waals surface area (Å²) in [6, 6.07) is 5.44. The molecule has 14 heteroatoms. The number of methoxy groups -OCH3 is 1. The molecule has 0 bridgehead atoms. The van der Waals surface area contributed by atoms with Gasteiger partial charge in [-0.1, -0.05) is 0 Å². The van der Waals surface area contributed by atoms with Crippen LogP contribution in [0.2, 0.25) is 0 Å². The standard InChI is InChI=1S/C26H26F5N7O2/c1-37(2)7-8-38(3)20-11-21(40-4)19(10-18(20)34-13-39)36-25-32-6-5-17(35-25)15-12-33-24-14(15)9-16(27)22(23(24)28)26(29,30)31/h5-6,9-13,33H,7-8H2,1-4H3,(H,34,39)(H,32,35,36). The fourth-order valence-corrected chi connectivity index (χ4v) is 4.16. The molecule has 212 valence electrons. The number of nitrogens with zero attached hydrogens (tertiary/aromatic N) is 4. The van der Waals surface area contributed by atoms with Gasteiger partial charge in [-0.2, -0.15) is 13.2 Å². The number of hydrogen-bond acceptors (Lipinski definition) is 7. The summed E-state index contributed by atoms with van der Waals surface area (Å²) < 4.78 is 73.9. The molecule has 0 aliphatic carbocycles. The van der Waals surface area contributed by atoms with Gasteiger partial charge in [0.15, 0.2) is 5.82 Å². The van der Waals surface area contributed by atoms with Gasteiger partial charge in [0.2, 0.25) is 12.4 Å². The molecule has 4 aromatic rings. The normalized spacial score (nSPS) is 11.7. The maximum atomic E-state index is 14.6. The molecule has 0 saturated carbocycles. The van der Waals surface area contributed by atoms with Crippen molar-refractivity contribution in [1.82, 2.24) is 19.9 Å². The van der Waals surface area contributed by atoms with E-state index in [4.69, 9.17) is 4.74 Å². The number of likely N-dealkylation sites (N-methyl/N-ethyl adjacent to an activating group) is 2. The molecule has 0 atom stereocenters. The van der Waals surface area contributed by atoms with Gasteiger partial charge in [0, 0.05) is 49.5 Å². The predicted octanol–water partition coefficient (Wildman–Crippen LogP) is 5.24. The number of H-pyrrole nitrogens is 1. The molecule has 0 fully saturated rings. The lowest BCUT2D eigenvalue weighted by atomic mass is 10.1. The van der Waals surface area contributed by atoms with Crippen LogP contribution in [0.5, 0.6) is 5.75 Å². The Morgan fingerprint density at radius 2 is 1.85 bits per heavy atom. The summed E-state index contributed by atoms with van der Waals surface area (Å²) in [5.74, 6) is -3.00. The largest absolute Gasteiger partial charge is 0.494 e. The first-order valence-corrected chi connectivity index (χ1v) is 11.9. The summed E-state index contributed by atoms with van der Waals surface area (Å²) >= 11 is 0. The van der Waals surface area contributed by atoms with Gasteiger partial charge in [-0.15, -0.1) is 0 Å². The number of aromatic amines is 1. The van der Waals surface area contributed by atoms with Crippen molar-refractivity contribution in [2.75, 3.05) is 56.9 Å². The Bertz CT molecular complexity index is 1540. The highest BCUT2D eigenvalue weighted by atomic mass is 19.4. The first kappa shape index (κ1) is 28.5. The van der Waals surface area contributed by atoms with Crippen molar-refractivity contribution in [2.24, 2.45) is 0 Å². The van der Waals surface area contributed by atoms with E-state index in [0.717, 1.165) is 6.54 Å². The highest BCUT2D eigenvalue weighted by Gasteiger charge is 2.39. The Balaban J connectivity index is 1.71. The van der Waals surface area contributed by atoms with E-state index < -0.39 is 28.9 Å². The molecule has 0 spiro atoms. The third-order valence-corrected chi connectivity index (χ3v) is 6.16. The van der Waals surface area contributed by atoms with Crippen molar-refractivity contribution in [3.05, 3.63) is 53.9 Å². The van der Waals surface area contributed by atoms with E-state index in [1.807, 2.05) is 30.9 Å². The smallest absolute Gasteiger partial charge is 0.422 e. The van der Waals surface area contributed by atoms with Crippen LogP contribution in [-0.4, -0.2) is 67.6 Å². The monoisotopic (exact) mass is 563 g/mol. The van der Waals surface area contributed by atoms with Crippen LogP contribution in [0.25, 0.3) is 22.2 Å². The van der Waals surface area contributed by atoms with Crippen molar-refractivity contribution in [2.45, 2.75) is 6.18 Å². The van der Waals surface area contributed by atoms with Gasteiger partial charge in [0.05, 0.1) is 35.4 Å². The molecule has 4 rings (SSSR count). The Labute approximate surface area is 226 Å². The topological polar surface area (TPSA) is 98.4 Å². The van der Waals surface area contributed by atoms with Gasteiger partial charge in [-0.05, 0) is 32.3 Å². The number of fused-ring (bicyclic) bond motifs is 1. The van der Waals surface area contributed by atoms with Gasteiger partial charge in [-0.25, -0.2) is 18.7 Å². The average Bonchev–Trinajstić information content (AvgIpc) is 3.31. The summed E-state index contributed by atoms with van der Waals surface area (Å²) in [6.45, 7) is 1.43. The second-order valence-corrected chi connectivity index (χ2v) is 9.12. The number of amides is 1. The molecule has 3 N–H and O–H groups in total. The molecule has 0 saturated heterocycles. The summed E-state index contributed by atoms with van der Waals surface area (Å²) in [5.41, 5.74) is -0.531. The van der Waals surface area contributed by atoms with Crippen molar-refractivity contribution >= 4 is 40.3 Å². The van der Waals surface area contributed by atoms with Gasteiger partial charge in [0.25, 0.3) is 0 Å². The zero-order chi connectivity index (χ0) is 29.2. The molecular formula is C26H26F5N7O2. The average molecular weight is 564 g/mol. The van der Waals surface area contributed by atoms with Crippen molar-refractivity contribution < 1.29 is 31.5 Å². The first-order valence-electron chi connectivity index (χ1n) is 11.9. The van der Waals surface area contributed by atoms with Gasteiger partial charge in [0.1, 0.15) is 17.1 Å². The molecule has 2 aromatic carbocycles. The van der Waals surface area contributed by atoms with E-state index in [2.05, 4.69) is 25.6 Å². The highest BCUT2D eigenvalue weighted by Crippen LogP contribution is 2.40. The molecule has 40 heavy (non-hydrogen) atoms. The number of aromatic nitrogens is 3. The van der Waals surface area contributed by atoms with Crippen LogP contribution in [0.15, 0.2) is 36.7 Å². The quantitative estimate of drug-likeness (QED) is 0.179. The second-order valence-electron chi connectivity index (χ2n) is 9.12. The predicted molar refractivity (Wildman–Crippen MR) is 142 cm³/mol. The first-order chi connectivity index (χ1) is 18.9. The Kier molecular flexibility index (Phi) is 8.09. The molecule has 2 aromatic heterocycles. The number of alkyl halides is 3. The summed E-state index contributed by atoms with van der Waals surface area (Å²) in [6.07, 6.45) is -2.04. The van der Waals surface area contributed by atoms with Crippen LogP contribution < -0.4 is 20.3 Å². The summed E-state index contributed by atoms with van der Waals surface area (Å²) in [5, 5.41) is 5.56. The van der Waals surface area contributed by atoms with Crippen LogP contribution in [0.4, 0.5) is 45.0 Å². The van der Waals surface area contributed by atoms with Crippen LogP contribution in [0.3, 0.4) is 0 Å². The van der Waals surface area contributed by atoms with E-state index in [0.29, 0.717) is 41.8 Å². The van der Waals surface area contributed by atoms with Crippen LogP contribution in [0.1, 0.15) is 5.56 Å². The molecular weight excluding hydrogens is 537 g/mol. The minimum atomic E-state index is -5.20. The number of hydrogen-bond donors (Lipinski definition) is 3. The molecule has 9 nitrogen and oxygen atoms in total. The Morgan fingerprint density at radius 3 is 2.50 bits per heavy atom. The van der Waals surface area contributed by atoms with Gasteiger partial charge in [-0.3, -0.25) is 4.79 Å². The number of ether oxygens (including phenoxy) is 1. The fourth-order valence-electron chi connectivity index (χ4n) is 4.16. The van der Waals surface area contributed by atoms with E-state index in [1.54, 1.807) is 12.1 Å². The summed E-state index contributed by atoms with van der Waals surface area (Å²) in [7, 11) is 7.24. The van der Waals surface area contributed by atoms with Crippen LogP contribution in [0, 0.1) is 11.6 Å². The zero-order valence-electron chi connectivity index (χ0n) is 22.0. The van der Waals surface area contributed by atoms with E-state index in [9.17, 15) is 26.7 Å². The number of benzene rings is 2. The van der Waals surface area contributed by atoms with Crippen LogP contribution in [-0.2, 0) is 11.0 Å². The minimum Gasteiger partial charge on any atom is -0.494 e. The molecule has 0 aliphatic heterocycles. The number of rotatable bonds is 10. The fraction of sp³-hybridized carbons (Fsp3) is 0.269. The number of anilines is 4. The Hall–Kier alpha value is -4.46. The minimum absolute atomic E-state index is 0.0590. The lowest BCUT2D eigenvalue weighted by Gasteiger charge is -2.25. The number of nitrogens with one attached hydrogen (secondary N) is 3. The van der Waals surface area contributed by atoms with E-state index in [-0.39, 0.29) is 22.6 Å². The zero-order valence-corrected chi connectivity index (χ0v) is 22.0. The molecule has 1 amide bonds. The molecule has 0 radical (unpaired) electrons. The van der Waals surface area contributed by atoms with Gasteiger partial charge >= 0.3 is 6.18 Å². The Morgan fingerprint density at radius 1 is 1.10 bits per heavy atom. The van der Waals surface area contributed by atoms with E-state index >= 15 is 0 Å². The van der Waals surface area contributed by atoms with Crippen LogP contribution >= 0.6 is 0 Å². The van der Waals surface area contributed by atoms with Crippen molar-refractivity contribution in [1.29, 1.82) is 0 Å². The number of carbonyl (C=O) groups excluding carboxylic acids is 1. The third-order valence-electron chi connectivity index (χ3n) is 6.16. The lowest BCUT2D eigenvalue weighted by molar-refractivity contribution is -0.142. The maximum absolute atomic E-state index is 14.6. The van der Waals surface area contributed by atoms with E-state index in [1.165, 1.54) is 25.6 Å². The SMILES string of the molecule is COc1cc(N(C)CCN(C)C)c(NC=O)cc1Nc1nccc(-c2c[nH]c3c(F)c(C(F)(F)F)c(F)cc23)n1. The molecule has 2 heterocycles.